The standard InChI is InChI=1S/C24H26N2O7/c1-31-14-20(21(27)28)33-26-22(29)24(11-6-12-24)25-23(30)32-13-19-17-9-4-2-7-15(17)16-8-3-5-10-18(16)19/h2-5,7-10,19-20H,6,11-14H2,1H3,(H,25,30)(H,26,29)(H,27,28). The van der Waals surface area contributed by atoms with Gasteiger partial charge >= 0.3 is 12.1 Å². The minimum Gasteiger partial charge on any atom is -0.479 e. The quantitative estimate of drug-likeness (QED) is 0.498. The van der Waals surface area contributed by atoms with Gasteiger partial charge in [-0.05, 0) is 41.5 Å². The minimum atomic E-state index is -1.36. The number of carboxylic acids is 1. The summed E-state index contributed by atoms with van der Waals surface area (Å²) >= 11 is 0. The number of nitrogens with one attached hydrogen (secondary N) is 2. The van der Waals surface area contributed by atoms with Crippen LogP contribution in [0.3, 0.4) is 0 Å². The third-order valence-electron chi connectivity index (χ3n) is 6.21. The van der Waals surface area contributed by atoms with Crippen LogP contribution >= 0.6 is 0 Å². The lowest BCUT2D eigenvalue weighted by molar-refractivity contribution is -0.168. The summed E-state index contributed by atoms with van der Waals surface area (Å²) in [7, 11) is 1.33. The van der Waals surface area contributed by atoms with E-state index in [0.717, 1.165) is 28.7 Å². The Labute approximate surface area is 191 Å². The number of benzene rings is 2. The molecule has 1 fully saturated rings. The maximum absolute atomic E-state index is 12.7. The number of fused-ring (bicyclic) bond motifs is 3. The highest BCUT2D eigenvalue weighted by Gasteiger charge is 2.46. The van der Waals surface area contributed by atoms with Crippen LogP contribution in [0.2, 0.25) is 0 Å². The Morgan fingerprint density at radius 3 is 2.18 bits per heavy atom. The summed E-state index contributed by atoms with van der Waals surface area (Å²) < 4.78 is 10.3. The van der Waals surface area contributed by atoms with Crippen LogP contribution in [-0.2, 0) is 23.9 Å². The molecule has 3 N–H and O–H groups in total. The number of amides is 2. The summed E-state index contributed by atoms with van der Waals surface area (Å²) in [5.74, 6) is -1.99. The molecule has 9 nitrogen and oxygen atoms in total. The molecule has 0 aromatic heterocycles. The average molecular weight is 454 g/mol. The first-order valence-electron chi connectivity index (χ1n) is 10.8. The van der Waals surface area contributed by atoms with E-state index < -0.39 is 29.6 Å². The molecule has 2 amide bonds. The van der Waals surface area contributed by atoms with E-state index in [1.807, 2.05) is 36.4 Å². The van der Waals surface area contributed by atoms with Crippen LogP contribution in [0.1, 0.15) is 36.3 Å². The van der Waals surface area contributed by atoms with Gasteiger partial charge in [-0.15, -0.1) is 0 Å². The minimum absolute atomic E-state index is 0.0944. The van der Waals surface area contributed by atoms with Crippen LogP contribution < -0.4 is 10.8 Å². The average Bonchev–Trinajstić information content (AvgIpc) is 3.11. The largest absolute Gasteiger partial charge is 0.479 e. The molecule has 0 aliphatic heterocycles. The van der Waals surface area contributed by atoms with Crippen molar-refractivity contribution >= 4 is 18.0 Å². The van der Waals surface area contributed by atoms with Crippen LogP contribution in [0.15, 0.2) is 48.5 Å². The van der Waals surface area contributed by atoms with E-state index in [1.54, 1.807) is 0 Å². The fourth-order valence-electron chi connectivity index (χ4n) is 4.30. The summed E-state index contributed by atoms with van der Waals surface area (Å²) in [5, 5.41) is 11.8. The Balaban J connectivity index is 1.37. The first kappa shape index (κ1) is 22.8. The Hall–Kier alpha value is -3.43. The van der Waals surface area contributed by atoms with Crippen molar-refractivity contribution in [3.05, 3.63) is 59.7 Å². The smallest absolute Gasteiger partial charge is 0.408 e. The van der Waals surface area contributed by atoms with Crippen molar-refractivity contribution in [2.45, 2.75) is 36.8 Å². The van der Waals surface area contributed by atoms with E-state index in [0.29, 0.717) is 12.8 Å². The molecule has 174 valence electrons. The zero-order chi connectivity index (χ0) is 23.4. The predicted molar refractivity (Wildman–Crippen MR) is 117 cm³/mol. The van der Waals surface area contributed by atoms with Crippen LogP contribution in [0.5, 0.6) is 0 Å². The second-order valence-corrected chi connectivity index (χ2v) is 8.22. The zero-order valence-corrected chi connectivity index (χ0v) is 18.2. The number of rotatable bonds is 9. The summed E-state index contributed by atoms with van der Waals surface area (Å²) in [6.07, 6.45) is -0.538. The number of carboxylic acid groups (broad SMARTS) is 1. The third kappa shape index (κ3) is 4.55. The van der Waals surface area contributed by atoms with Crippen molar-refractivity contribution in [1.29, 1.82) is 0 Å². The molecular weight excluding hydrogens is 428 g/mol. The van der Waals surface area contributed by atoms with Gasteiger partial charge in [0, 0.05) is 13.0 Å². The highest BCUT2D eigenvalue weighted by Crippen LogP contribution is 2.44. The van der Waals surface area contributed by atoms with E-state index >= 15 is 0 Å². The van der Waals surface area contributed by atoms with Crippen LogP contribution in [0.25, 0.3) is 11.1 Å². The van der Waals surface area contributed by atoms with Crippen molar-refractivity contribution in [1.82, 2.24) is 10.8 Å². The molecule has 0 saturated heterocycles. The number of alkyl carbamates (subject to hydrolysis) is 1. The fraction of sp³-hybridized carbons (Fsp3) is 0.375. The molecule has 1 saturated carbocycles. The monoisotopic (exact) mass is 454 g/mol. The maximum atomic E-state index is 12.7. The lowest BCUT2D eigenvalue weighted by atomic mass is 9.76. The molecule has 0 radical (unpaired) electrons. The molecule has 2 aromatic rings. The molecule has 2 aliphatic carbocycles. The normalized spacial score (nSPS) is 16.6. The molecule has 9 heteroatoms. The predicted octanol–water partition coefficient (Wildman–Crippen LogP) is 2.60. The van der Waals surface area contributed by atoms with Gasteiger partial charge in [-0.3, -0.25) is 9.63 Å². The van der Waals surface area contributed by atoms with Crippen LogP contribution in [-0.4, -0.2) is 55.0 Å². The van der Waals surface area contributed by atoms with Gasteiger partial charge in [0.15, 0.2) is 0 Å². The third-order valence-corrected chi connectivity index (χ3v) is 6.21. The molecule has 4 rings (SSSR count). The van der Waals surface area contributed by atoms with E-state index in [2.05, 4.69) is 22.9 Å². The second kappa shape index (κ2) is 9.60. The number of aliphatic carboxylic acids is 1. The van der Waals surface area contributed by atoms with Crippen LogP contribution in [0, 0.1) is 0 Å². The molecule has 2 aliphatic rings. The number of carbonyl (C=O) groups excluding carboxylic acids is 2. The molecule has 1 unspecified atom stereocenters. The number of hydrogen-bond acceptors (Lipinski definition) is 6. The van der Waals surface area contributed by atoms with Gasteiger partial charge in [0.25, 0.3) is 5.91 Å². The Morgan fingerprint density at radius 1 is 1.06 bits per heavy atom. The van der Waals surface area contributed by atoms with Gasteiger partial charge in [-0.2, -0.15) is 0 Å². The number of carbonyl (C=O) groups is 3. The molecule has 1 atom stereocenters. The van der Waals surface area contributed by atoms with E-state index in [-0.39, 0.29) is 19.1 Å². The fourth-order valence-corrected chi connectivity index (χ4v) is 4.30. The highest BCUT2D eigenvalue weighted by molar-refractivity contribution is 5.90. The summed E-state index contributed by atoms with van der Waals surface area (Å²) in [6.45, 7) is -0.106. The molecule has 2 aromatic carbocycles. The molecule has 0 bridgehead atoms. The molecule has 0 heterocycles. The van der Waals surface area contributed by atoms with Gasteiger partial charge in [0.2, 0.25) is 6.10 Å². The van der Waals surface area contributed by atoms with E-state index in [4.69, 9.17) is 19.4 Å². The van der Waals surface area contributed by atoms with Gasteiger partial charge < -0.3 is 19.9 Å². The molecule has 0 spiro atoms. The van der Waals surface area contributed by atoms with Crippen molar-refractivity contribution in [2.24, 2.45) is 0 Å². The van der Waals surface area contributed by atoms with Gasteiger partial charge in [0.05, 0.1) is 6.61 Å². The van der Waals surface area contributed by atoms with E-state index in [1.165, 1.54) is 7.11 Å². The van der Waals surface area contributed by atoms with Crippen molar-refractivity contribution in [2.75, 3.05) is 20.3 Å². The summed E-state index contributed by atoms with van der Waals surface area (Å²) in [4.78, 5) is 41.4. The van der Waals surface area contributed by atoms with E-state index in [9.17, 15) is 14.4 Å². The summed E-state index contributed by atoms with van der Waals surface area (Å²) in [6, 6.07) is 16.0. The molecule has 33 heavy (non-hydrogen) atoms. The van der Waals surface area contributed by atoms with Crippen molar-refractivity contribution in [3.8, 4) is 11.1 Å². The van der Waals surface area contributed by atoms with Crippen LogP contribution in [0.4, 0.5) is 4.79 Å². The van der Waals surface area contributed by atoms with Gasteiger partial charge in [-0.25, -0.2) is 15.1 Å². The maximum Gasteiger partial charge on any atom is 0.408 e. The number of methoxy groups -OCH3 is 1. The Kier molecular flexibility index (Phi) is 6.62. The Morgan fingerprint density at radius 2 is 1.67 bits per heavy atom. The number of ether oxygens (including phenoxy) is 2. The first-order chi connectivity index (χ1) is 15.9. The summed E-state index contributed by atoms with van der Waals surface area (Å²) in [5.41, 5.74) is 5.38. The SMILES string of the molecule is COCC(ONC(=O)C1(NC(=O)OCC2c3ccccc3-c3ccccc32)CCC1)C(=O)O. The lowest BCUT2D eigenvalue weighted by Crippen LogP contribution is -2.63. The second-order valence-electron chi connectivity index (χ2n) is 8.22. The lowest BCUT2D eigenvalue weighted by Gasteiger charge is -2.40. The van der Waals surface area contributed by atoms with Gasteiger partial charge in [-0.1, -0.05) is 48.5 Å². The van der Waals surface area contributed by atoms with Gasteiger partial charge in [0.1, 0.15) is 12.1 Å². The molecular formula is C24H26N2O7. The van der Waals surface area contributed by atoms with Crippen molar-refractivity contribution in [3.63, 3.8) is 0 Å². The number of hydrogen-bond donors (Lipinski definition) is 3. The number of hydroxylamine groups is 1. The Bertz CT molecular complexity index is 1010. The topological polar surface area (TPSA) is 123 Å². The first-order valence-corrected chi connectivity index (χ1v) is 10.8. The highest BCUT2D eigenvalue weighted by atomic mass is 16.7. The zero-order valence-electron chi connectivity index (χ0n) is 18.2. The van der Waals surface area contributed by atoms with Crippen molar-refractivity contribution < 1.29 is 33.8 Å².